The summed E-state index contributed by atoms with van der Waals surface area (Å²) in [7, 11) is 3.03. The maximum Gasteiger partial charge on any atom is 0.343 e. The molecule has 0 aliphatic carbocycles. The first-order valence-electron chi connectivity index (χ1n) is 9.03. The molecule has 0 radical (unpaired) electrons. The summed E-state index contributed by atoms with van der Waals surface area (Å²) in [6, 6.07) is 18.9. The van der Waals surface area contributed by atoms with E-state index in [1.165, 1.54) is 20.3 Å². The van der Waals surface area contributed by atoms with Crippen LogP contribution in [0.15, 0.2) is 77.3 Å². The number of ether oxygens (including phenoxy) is 3. The second kappa shape index (κ2) is 9.89. The first-order valence-corrected chi connectivity index (χ1v) is 9.82. The van der Waals surface area contributed by atoms with Crippen LogP contribution in [0.5, 0.6) is 17.2 Å². The standard InChI is InChI=1S/C24H19BrO5/c1-28-19-12-14-23(29-2)20(15-19)21(26)13-9-16-5-3-4-6-22(16)30-24(27)17-7-10-18(25)11-8-17/h3-15H,1-2H3/b13-9+. The molecule has 0 N–H and O–H groups in total. The summed E-state index contributed by atoms with van der Waals surface area (Å²) in [5, 5.41) is 0. The van der Waals surface area contributed by atoms with E-state index in [4.69, 9.17) is 14.2 Å². The number of para-hydroxylation sites is 1. The minimum atomic E-state index is -0.482. The van der Waals surface area contributed by atoms with Crippen LogP contribution in [0, 0.1) is 0 Å². The topological polar surface area (TPSA) is 61.8 Å². The molecule has 0 aromatic heterocycles. The van der Waals surface area contributed by atoms with E-state index >= 15 is 0 Å². The van der Waals surface area contributed by atoms with Gasteiger partial charge in [-0.15, -0.1) is 0 Å². The summed E-state index contributed by atoms with van der Waals surface area (Å²) < 4.78 is 16.9. The first kappa shape index (κ1) is 21.3. The molecule has 6 heteroatoms. The summed E-state index contributed by atoms with van der Waals surface area (Å²) in [4.78, 5) is 25.2. The molecule has 30 heavy (non-hydrogen) atoms. The molecule has 0 atom stereocenters. The lowest BCUT2D eigenvalue weighted by molar-refractivity contribution is 0.0734. The molecule has 0 spiro atoms. The Morgan fingerprint density at radius 2 is 1.60 bits per heavy atom. The van der Waals surface area contributed by atoms with Crippen molar-refractivity contribution in [3.05, 3.63) is 94.0 Å². The second-order valence-corrected chi connectivity index (χ2v) is 7.11. The van der Waals surface area contributed by atoms with E-state index in [9.17, 15) is 9.59 Å². The highest BCUT2D eigenvalue weighted by molar-refractivity contribution is 9.10. The quantitative estimate of drug-likeness (QED) is 0.197. The number of methoxy groups -OCH3 is 2. The number of rotatable bonds is 7. The third kappa shape index (κ3) is 5.15. The van der Waals surface area contributed by atoms with Crippen molar-refractivity contribution < 1.29 is 23.8 Å². The molecule has 3 aromatic rings. The third-order valence-electron chi connectivity index (χ3n) is 4.29. The van der Waals surface area contributed by atoms with Gasteiger partial charge in [0.2, 0.25) is 0 Å². The Labute approximate surface area is 183 Å². The Morgan fingerprint density at radius 3 is 2.30 bits per heavy atom. The lowest BCUT2D eigenvalue weighted by atomic mass is 10.1. The van der Waals surface area contributed by atoms with Gasteiger partial charge in [0.05, 0.1) is 25.3 Å². The average Bonchev–Trinajstić information content (AvgIpc) is 2.78. The van der Waals surface area contributed by atoms with E-state index in [1.807, 2.05) is 0 Å². The molecule has 0 saturated heterocycles. The Bertz CT molecular complexity index is 1090. The molecule has 0 bridgehead atoms. The van der Waals surface area contributed by atoms with Crippen molar-refractivity contribution >= 4 is 33.8 Å². The van der Waals surface area contributed by atoms with Gasteiger partial charge in [0, 0.05) is 10.0 Å². The van der Waals surface area contributed by atoms with Crippen molar-refractivity contribution in [3.8, 4) is 17.2 Å². The van der Waals surface area contributed by atoms with Gasteiger partial charge >= 0.3 is 5.97 Å². The number of hydrogen-bond donors (Lipinski definition) is 0. The smallest absolute Gasteiger partial charge is 0.343 e. The normalized spacial score (nSPS) is 10.6. The number of allylic oxidation sites excluding steroid dienone is 1. The van der Waals surface area contributed by atoms with Gasteiger partial charge in [-0.3, -0.25) is 4.79 Å². The summed E-state index contributed by atoms with van der Waals surface area (Å²) in [6.45, 7) is 0. The molecular weight excluding hydrogens is 448 g/mol. The van der Waals surface area contributed by atoms with Gasteiger partial charge in [-0.25, -0.2) is 4.79 Å². The molecule has 5 nitrogen and oxygen atoms in total. The van der Waals surface area contributed by atoms with E-state index < -0.39 is 5.97 Å². The number of halogens is 1. The van der Waals surface area contributed by atoms with E-state index in [2.05, 4.69) is 15.9 Å². The minimum absolute atomic E-state index is 0.264. The van der Waals surface area contributed by atoms with E-state index in [0.717, 1.165) is 4.47 Å². The molecule has 0 aliphatic heterocycles. The monoisotopic (exact) mass is 466 g/mol. The first-order chi connectivity index (χ1) is 14.5. The zero-order valence-corrected chi connectivity index (χ0v) is 18.0. The van der Waals surface area contributed by atoms with Crippen molar-refractivity contribution in [1.29, 1.82) is 0 Å². The third-order valence-corrected chi connectivity index (χ3v) is 4.82. The zero-order chi connectivity index (χ0) is 21.5. The molecule has 3 aromatic carbocycles. The van der Waals surface area contributed by atoms with Crippen LogP contribution in [-0.2, 0) is 0 Å². The number of benzene rings is 3. The lowest BCUT2D eigenvalue weighted by Crippen LogP contribution is -2.09. The van der Waals surface area contributed by atoms with Crippen molar-refractivity contribution in [2.75, 3.05) is 14.2 Å². The number of esters is 1. The molecule has 0 heterocycles. The molecule has 0 amide bonds. The molecule has 152 valence electrons. The summed E-state index contributed by atoms with van der Waals surface area (Å²) in [6.07, 6.45) is 3.01. The van der Waals surface area contributed by atoms with Crippen molar-refractivity contribution in [2.45, 2.75) is 0 Å². The minimum Gasteiger partial charge on any atom is -0.497 e. The number of carbonyl (C=O) groups is 2. The Kier molecular flexibility index (Phi) is 7.03. The molecule has 0 fully saturated rings. The van der Waals surface area contributed by atoms with Gasteiger partial charge in [0.1, 0.15) is 17.2 Å². The van der Waals surface area contributed by atoms with Crippen LogP contribution in [0.25, 0.3) is 6.08 Å². The molecule has 0 aliphatic rings. The van der Waals surface area contributed by atoms with Gasteiger partial charge in [-0.1, -0.05) is 34.1 Å². The number of hydrogen-bond acceptors (Lipinski definition) is 5. The summed E-state index contributed by atoms with van der Waals surface area (Å²) in [5.74, 6) is 0.604. The second-order valence-electron chi connectivity index (χ2n) is 6.20. The predicted octanol–water partition coefficient (Wildman–Crippen LogP) is 5.58. The Balaban J connectivity index is 1.82. The van der Waals surface area contributed by atoms with Gasteiger partial charge in [-0.2, -0.15) is 0 Å². The fraction of sp³-hybridized carbons (Fsp3) is 0.0833. The van der Waals surface area contributed by atoms with Crippen LogP contribution in [0.3, 0.4) is 0 Å². The van der Waals surface area contributed by atoms with Crippen LogP contribution in [0.1, 0.15) is 26.3 Å². The molecule has 0 unspecified atom stereocenters. The van der Waals surface area contributed by atoms with Gasteiger partial charge in [0.15, 0.2) is 5.78 Å². The highest BCUT2D eigenvalue weighted by Crippen LogP contribution is 2.26. The van der Waals surface area contributed by atoms with Gasteiger partial charge in [0.25, 0.3) is 0 Å². The maximum absolute atomic E-state index is 12.7. The van der Waals surface area contributed by atoms with Crippen LogP contribution in [0.4, 0.5) is 0 Å². The van der Waals surface area contributed by atoms with Crippen LogP contribution < -0.4 is 14.2 Å². The Morgan fingerprint density at radius 1 is 0.867 bits per heavy atom. The predicted molar refractivity (Wildman–Crippen MR) is 118 cm³/mol. The van der Waals surface area contributed by atoms with Gasteiger partial charge in [-0.05, 0) is 60.7 Å². The zero-order valence-electron chi connectivity index (χ0n) is 16.4. The van der Waals surface area contributed by atoms with Crippen LogP contribution in [0.2, 0.25) is 0 Å². The van der Waals surface area contributed by atoms with Gasteiger partial charge < -0.3 is 14.2 Å². The summed E-state index contributed by atoms with van der Waals surface area (Å²) >= 11 is 3.34. The summed E-state index contributed by atoms with van der Waals surface area (Å²) in [5.41, 5.74) is 1.39. The molecular formula is C24H19BrO5. The van der Waals surface area contributed by atoms with Crippen molar-refractivity contribution in [2.24, 2.45) is 0 Å². The average molecular weight is 467 g/mol. The molecule has 0 saturated carbocycles. The number of carbonyl (C=O) groups excluding carboxylic acids is 2. The van der Waals surface area contributed by atoms with E-state index in [1.54, 1.807) is 72.8 Å². The highest BCUT2D eigenvalue weighted by atomic mass is 79.9. The van der Waals surface area contributed by atoms with E-state index in [-0.39, 0.29) is 5.78 Å². The SMILES string of the molecule is COc1ccc(OC)c(C(=O)/C=C/c2ccccc2OC(=O)c2ccc(Br)cc2)c1. The van der Waals surface area contributed by atoms with Crippen molar-refractivity contribution in [3.63, 3.8) is 0 Å². The maximum atomic E-state index is 12.7. The van der Waals surface area contributed by atoms with Crippen molar-refractivity contribution in [1.82, 2.24) is 0 Å². The highest BCUT2D eigenvalue weighted by Gasteiger charge is 2.13. The lowest BCUT2D eigenvalue weighted by Gasteiger charge is -2.09. The largest absolute Gasteiger partial charge is 0.497 e. The van der Waals surface area contributed by atoms with Crippen LogP contribution in [-0.4, -0.2) is 26.0 Å². The molecule has 3 rings (SSSR count). The fourth-order valence-corrected chi connectivity index (χ4v) is 2.98. The Hall–Kier alpha value is -3.38. The number of ketones is 1. The fourth-order valence-electron chi connectivity index (χ4n) is 2.72. The van der Waals surface area contributed by atoms with Crippen LogP contribution >= 0.6 is 15.9 Å². The van der Waals surface area contributed by atoms with E-state index in [0.29, 0.717) is 33.9 Å².